The average molecular weight is 399 g/mol. The van der Waals surface area contributed by atoms with E-state index in [0.717, 1.165) is 32.5 Å². The van der Waals surface area contributed by atoms with E-state index in [1.54, 1.807) is 16.8 Å². The minimum atomic E-state index is -0.0463. The maximum Gasteiger partial charge on any atom is 0.241 e. The molecular formula is C18H30N4O2S2. The third kappa shape index (κ3) is 7.15. The third-order valence-electron chi connectivity index (χ3n) is 4.54. The zero-order valence-corrected chi connectivity index (χ0v) is 17.2. The van der Waals surface area contributed by atoms with Crippen LogP contribution < -0.4 is 10.6 Å². The van der Waals surface area contributed by atoms with E-state index in [1.165, 1.54) is 38.2 Å². The maximum atomic E-state index is 12.5. The molecule has 1 saturated heterocycles. The average Bonchev–Trinajstić information content (AvgIpc) is 3.12. The van der Waals surface area contributed by atoms with Crippen LogP contribution in [0.25, 0.3) is 0 Å². The normalized spacial score (nSPS) is 17.0. The summed E-state index contributed by atoms with van der Waals surface area (Å²) in [6, 6.07) is 0. The summed E-state index contributed by atoms with van der Waals surface area (Å²) in [5.74, 6) is 1.28. The molecule has 0 radical (unpaired) electrons. The minimum absolute atomic E-state index is 0.0463. The van der Waals surface area contributed by atoms with Crippen molar-refractivity contribution in [3.05, 3.63) is 11.6 Å². The number of thiocarbonyl (C=S) groups is 1. The molecule has 2 rings (SSSR count). The molecule has 0 aromatic rings. The van der Waals surface area contributed by atoms with Gasteiger partial charge in [-0.25, -0.2) is 0 Å². The highest BCUT2D eigenvalue weighted by Gasteiger charge is 2.28. The first-order chi connectivity index (χ1) is 12.6. The monoisotopic (exact) mass is 398 g/mol. The number of amides is 2. The van der Waals surface area contributed by atoms with Gasteiger partial charge in [0.15, 0.2) is 5.11 Å². The lowest BCUT2D eigenvalue weighted by atomic mass is 9.97. The smallest absolute Gasteiger partial charge is 0.241 e. The summed E-state index contributed by atoms with van der Waals surface area (Å²) in [4.78, 5) is 23.3. The van der Waals surface area contributed by atoms with E-state index in [0.29, 0.717) is 23.2 Å². The van der Waals surface area contributed by atoms with Gasteiger partial charge in [-0.3, -0.25) is 19.6 Å². The molecule has 1 aliphatic carbocycles. The number of rotatable bonds is 8. The van der Waals surface area contributed by atoms with Gasteiger partial charge >= 0.3 is 0 Å². The number of hydrogen-bond donors (Lipinski definition) is 2. The van der Waals surface area contributed by atoms with Gasteiger partial charge in [-0.05, 0) is 50.7 Å². The number of nitrogens with zero attached hydrogens (tertiary/aromatic N) is 2. The largest absolute Gasteiger partial charge is 0.361 e. The van der Waals surface area contributed by atoms with Gasteiger partial charge in [0.1, 0.15) is 0 Å². The Kier molecular flexibility index (Phi) is 9.25. The molecule has 0 unspecified atom stereocenters. The zero-order chi connectivity index (χ0) is 18.8. The molecule has 0 bridgehead atoms. The number of carbonyl (C=O) groups is 2. The predicted octanol–water partition coefficient (Wildman–Crippen LogP) is 2.42. The molecule has 2 aliphatic rings. The highest BCUT2D eigenvalue weighted by molar-refractivity contribution is 7.99. The molecule has 8 heteroatoms. The third-order valence-corrected chi connectivity index (χ3v) is 5.74. The van der Waals surface area contributed by atoms with Crippen molar-refractivity contribution in [3.63, 3.8) is 0 Å². The van der Waals surface area contributed by atoms with Crippen LogP contribution in [0.1, 0.15) is 51.9 Å². The summed E-state index contributed by atoms with van der Waals surface area (Å²) < 4.78 is 0. The van der Waals surface area contributed by atoms with Crippen LogP contribution in [-0.4, -0.2) is 58.2 Å². The Morgan fingerprint density at radius 2 is 2.00 bits per heavy atom. The number of thioether (sulfide) groups is 1. The van der Waals surface area contributed by atoms with E-state index >= 15 is 0 Å². The molecule has 0 aromatic heterocycles. The summed E-state index contributed by atoms with van der Waals surface area (Å²) >= 11 is 7.06. The lowest BCUT2D eigenvalue weighted by Gasteiger charge is -2.30. The van der Waals surface area contributed by atoms with Crippen molar-refractivity contribution in [2.24, 2.45) is 0 Å². The molecule has 0 aromatic carbocycles. The van der Waals surface area contributed by atoms with Crippen LogP contribution >= 0.6 is 24.0 Å². The second-order valence-corrected chi connectivity index (χ2v) is 8.11. The van der Waals surface area contributed by atoms with Gasteiger partial charge in [0, 0.05) is 38.7 Å². The Bertz CT molecular complexity index is 539. The van der Waals surface area contributed by atoms with E-state index in [4.69, 9.17) is 12.2 Å². The lowest BCUT2D eigenvalue weighted by molar-refractivity contribution is -0.138. The first-order valence-corrected chi connectivity index (χ1v) is 11.0. The quantitative estimate of drug-likeness (QED) is 0.283. The fourth-order valence-corrected chi connectivity index (χ4v) is 4.21. The predicted molar refractivity (Wildman–Crippen MR) is 111 cm³/mol. The van der Waals surface area contributed by atoms with E-state index < -0.39 is 0 Å². The molecule has 0 saturated carbocycles. The summed E-state index contributed by atoms with van der Waals surface area (Å²) in [6.07, 6.45) is 9.80. The van der Waals surface area contributed by atoms with Crippen LogP contribution in [0.5, 0.6) is 0 Å². The fraction of sp³-hybridized carbons (Fsp3) is 0.722. The highest BCUT2D eigenvalue weighted by Crippen LogP contribution is 2.19. The Morgan fingerprint density at radius 3 is 2.73 bits per heavy atom. The molecule has 1 fully saturated rings. The molecule has 0 spiro atoms. The SMILES string of the molecule is CC(=O)NCSCCC(=O)N1CCCN1C(=S)NCCC1=CCCCC1. The standard InChI is InChI=1S/C18H30N4O2S2/c1-15(23)20-14-26-13-9-17(24)21-11-5-12-22(21)18(25)19-10-8-16-6-3-2-4-7-16/h6H,2-5,7-14H2,1H3,(H,19,25)(H,20,23). The van der Waals surface area contributed by atoms with Crippen LogP contribution in [0.3, 0.4) is 0 Å². The van der Waals surface area contributed by atoms with E-state index in [1.807, 2.05) is 5.01 Å². The fourth-order valence-electron chi connectivity index (χ4n) is 3.15. The zero-order valence-electron chi connectivity index (χ0n) is 15.6. The van der Waals surface area contributed by atoms with Crippen LogP contribution in [0.2, 0.25) is 0 Å². The van der Waals surface area contributed by atoms with Crippen molar-refractivity contribution in [2.75, 3.05) is 31.3 Å². The van der Waals surface area contributed by atoms with Gasteiger partial charge < -0.3 is 10.6 Å². The molecule has 1 heterocycles. The van der Waals surface area contributed by atoms with Gasteiger partial charge in [-0.15, -0.1) is 11.8 Å². The minimum Gasteiger partial charge on any atom is -0.361 e. The molecule has 146 valence electrons. The Hall–Kier alpha value is -1.28. The number of hydrogen-bond acceptors (Lipinski definition) is 4. The van der Waals surface area contributed by atoms with E-state index in [9.17, 15) is 9.59 Å². The van der Waals surface area contributed by atoms with Crippen molar-refractivity contribution in [3.8, 4) is 0 Å². The number of carbonyl (C=O) groups excluding carboxylic acids is 2. The lowest BCUT2D eigenvalue weighted by Crippen LogP contribution is -2.49. The Morgan fingerprint density at radius 1 is 1.19 bits per heavy atom. The van der Waals surface area contributed by atoms with Crippen molar-refractivity contribution >= 4 is 40.9 Å². The first kappa shape index (κ1) is 21.0. The Balaban J connectivity index is 1.68. The highest BCUT2D eigenvalue weighted by atomic mass is 32.2. The molecule has 1 aliphatic heterocycles. The van der Waals surface area contributed by atoms with Crippen LogP contribution in [0.4, 0.5) is 0 Å². The summed E-state index contributed by atoms with van der Waals surface area (Å²) in [5.41, 5.74) is 1.53. The summed E-state index contributed by atoms with van der Waals surface area (Å²) in [6.45, 7) is 3.84. The number of hydrazine groups is 1. The van der Waals surface area contributed by atoms with Crippen molar-refractivity contribution in [1.82, 2.24) is 20.7 Å². The van der Waals surface area contributed by atoms with Crippen molar-refractivity contribution < 1.29 is 9.59 Å². The van der Waals surface area contributed by atoms with Gasteiger partial charge in [0.2, 0.25) is 11.8 Å². The molecule has 2 N–H and O–H groups in total. The second-order valence-electron chi connectivity index (χ2n) is 6.62. The molecule has 6 nitrogen and oxygen atoms in total. The van der Waals surface area contributed by atoms with Crippen molar-refractivity contribution in [2.45, 2.75) is 51.9 Å². The Labute approximate surface area is 166 Å². The molecule has 0 atom stereocenters. The van der Waals surface area contributed by atoms with Crippen molar-refractivity contribution in [1.29, 1.82) is 0 Å². The van der Waals surface area contributed by atoms with Gasteiger partial charge in [0.05, 0.1) is 5.88 Å². The van der Waals surface area contributed by atoms with Gasteiger partial charge in [-0.2, -0.15) is 0 Å². The van der Waals surface area contributed by atoms with Crippen LogP contribution in [0, 0.1) is 0 Å². The number of nitrogens with one attached hydrogen (secondary N) is 2. The second kappa shape index (κ2) is 11.4. The summed E-state index contributed by atoms with van der Waals surface area (Å²) in [7, 11) is 0. The van der Waals surface area contributed by atoms with Crippen LogP contribution in [0.15, 0.2) is 11.6 Å². The first-order valence-electron chi connectivity index (χ1n) is 9.43. The molecule has 2 amide bonds. The molecule has 26 heavy (non-hydrogen) atoms. The van der Waals surface area contributed by atoms with Gasteiger partial charge in [0.25, 0.3) is 0 Å². The summed E-state index contributed by atoms with van der Waals surface area (Å²) in [5, 5.41) is 10.4. The maximum absolute atomic E-state index is 12.5. The van der Waals surface area contributed by atoms with Gasteiger partial charge in [-0.1, -0.05) is 11.6 Å². The number of allylic oxidation sites excluding steroid dienone is 1. The van der Waals surface area contributed by atoms with E-state index in [2.05, 4.69) is 16.7 Å². The topological polar surface area (TPSA) is 64.7 Å². The van der Waals surface area contributed by atoms with E-state index in [-0.39, 0.29) is 11.8 Å². The van der Waals surface area contributed by atoms with Crippen LogP contribution in [-0.2, 0) is 9.59 Å². The molecular weight excluding hydrogens is 368 g/mol.